The molecule has 1 aliphatic carbocycles. The maximum absolute atomic E-state index is 12.6. The van der Waals surface area contributed by atoms with E-state index in [2.05, 4.69) is 15.9 Å². The van der Waals surface area contributed by atoms with Crippen LogP contribution in [0.15, 0.2) is 22.7 Å². The first-order chi connectivity index (χ1) is 10.4. The minimum Gasteiger partial charge on any atom is -0.497 e. The summed E-state index contributed by atoms with van der Waals surface area (Å²) >= 11 is 3.44. The molecule has 0 radical (unpaired) electrons. The number of benzene rings is 1. The molecule has 0 bridgehead atoms. The van der Waals surface area contributed by atoms with Gasteiger partial charge in [-0.1, -0.05) is 22.9 Å². The number of ether oxygens (including phenoxy) is 1. The Bertz CT molecular complexity index is 571. The van der Waals surface area contributed by atoms with Gasteiger partial charge in [-0.05, 0) is 36.6 Å². The summed E-state index contributed by atoms with van der Waals surface area (Å²) in [6.45, 7) is 1.90. The van der Waals surface area contributed by atoms with Crippen LogP contribution in [0.25, 0.3) is 0 Å². The molecule has 0 spiro atoms. The van der Waals surface area contributed by atoms with Gasteiger partial charge in [0.2, 0.25) is 5.91 Å². The van der Waals surface area contributed by atoms with E-state index in [0.717, 1.165) is 22.9 Å². The lowest BCUT2D eigenvalue weighted by molar-refractivity contribution is -0.143. The molecule has 1 fully saturated rings. The molecule has 5 nitrogen and oxygen atoms in total. The third kappa shape index (κ3) is 4.22. The smallest absolute Gasteiger partial charge is 0.308 e. The van der Waals surface area contributed by atoms with E-state index in [0.29, 0.717) is 5.75 Å². The Morgan fingerprint density at radius 1 is 1.45 bits per heavy atom. The largest absolute Gasteiger partial charge is 0.497 e. The first-order valence-electron chi connectivity index (χ1n) is 7.27. The second kappa shape index (κ2) is 7.13. The average Bonchev–Trinajstić information content (AvgIpc) is 3.31. The van der Waals surface area contributed by atoms with Gasteiger partial charge in [-0.2, -0.15) is 0 Å². The van der Waals surface area contributed by atoms with E-state index in [-0.39, 0.29) is 24.9 Å². The minimum atomic E-state index is -0.874. The van der Waals surface area contributed by atoms with E-state index in [1.807, 2.05) is 18.2 Å². The second-order valence-electron chi connectivity index (χ2n) is 5.65. The number of halogens is 1. The molecule has 1 saturated carbocycles. The Kier molecular flexibility index (Phi) is 5.45. The molecule has 22 heavy (non-hydrogen) atoms. The van der Waals surface area contributed by atoms with Crippen molar-refractivity contribution in [2.75, 3.05) is 13.7 Å². The van der Waals surface area contributed by atoms with E-state index in [1.54, 1.807) is 18.9 Å². The molecule has 1 atom stereocenters. The topological polar surface area (TPSA) is 66.8 Å². The van der Waals surface area contributed by atoms with Gasteiger partial charge in [0.15, 0.2) is 0 Å². The van der Waals surface area contributed by atoms with Crippen molar-refractivity contribution in [2.45, 2.75) is 32.2 Å². The molecule has 0 aromatic heterocycles. The quantitative estimate of drug-likeness (QED) is 0.802. The fourth-order valence-electron chi connectivity index (χ4n) is 2.29. The lowest BCUT2D eigenvalue weighted by Crippen LogP contribution is -2.39. The number of nitrogens with zero attached hydrogens (tertiary/aromatic N) is 1. The number of carboxylic acid groups (broad SMARTS) is 1. The van der Waals surface area contributed by atoms with Gasteiger partial charge in [0.1, 0.15) is 5.75 Å². The van der Waals surface area contributed by atoms with Crippen LogP contribution in [-0.2, 0) is 16.0 Å². The maximum Gasteiger partial charge on any atom is 0.308 e. The number of aliphatic carboxylic acids is 1. The van der Waals surface area contributed by atoms with Gasteiger partial charge in [0, 0.05) is 17.1 Å². The number of carboxylic acids is 1. The molecule has 120 valence electrons. The highest BCUT2D eigenvalue weighted by atomic mass is 79.9. The van der Waals surface area contributed by atoms with Crippen molar-refractivity contribution in [3.63, 3.8) is 0 Å². The van der Waals surface area contributed by atoms with Gasteiger partial charge in [-0.15, -0.1) is 0 Å². The number of methoxy groups -OCH3 is 1. The number of carbonyl (C=O) groups is 2. The van der Waals surface area contributed by atoms with Crippen LogP contribution in [-0.4, -0.2) is 41.6 Å². The molecule has 1 amide bonds. The van der Waals surface area contributed by atoms with E-state index >= 15 is 0 Å². The van der Waals surface area contributed by atoms with E-state index in [9.17, 15) is 9.59 Å². The zero-order chi connectivity index (χ0) is 16.3. The third-order valence-corrected chi connectivity index (χ3v) is 4.57. The Balaban J connectivity index is 2.09. The summed E-state index contributed by atoms with van der Waals surface area (Å²) in [5.41, 5.74) is 0.845. The van der Waals surface area contributed by atoms with Gasteiger partial charge in [-0.3, -0.25) is 9.59 Å². The Morgan fingerprint density at radius 2 is 2.14 bits per heavy atom. The molecule has 2 rings (SSSR count). The van der Waals surface area contributed by atoms with Crippen molar-refractivity contribution in [1.82, 2.24) is 4.90 Å². The average molecular weight is 370 g/mol. The standard InChI is InChI=1S/C16H20BrNO4/c1-10(16(20)21)9-18(12-3-4-12)15(19)8-11-7-13(22-2)5-6-14(11)17/h5-7,10,12H,3-4,8-9H2,1-2H3,(H,20,21). The monoisotopic (exact) mass is 369 g/mol. The number of hydrogen-bond acceptors (Lipinski definition) is 3. The molecule has 1 N–H and O–H groups in total. The van der Waals surface area contributed by atoms with Gasteiger partial charge in [0.25, 0.3) is 0 Å². The Labute approximate surface area is 138 Å². The molecule has 0 saturated heterocycles. The van der Waals surface area contributed by atoms with Gasteiger partial charge in [0.05, 0.1) is 19.4 Å². The molecule has 0 aliphatic heterocycles. The Hall–Kier alpha value is -1.56. The highest BCUT2D eigenvalue weighted by Crippen LogP contribution is 2.29. The van der Waals surface area contributed by atoms with Crippen molar-refractivity contribution in [3.05, 3.63) is 28.2 Å². The van der Waals surface area contributed by atoms with Crippen molar-refractivity contribution in [2.24, 2.45) is 5.92 Å². The van der Waals surface area contributed by atoms with Crippen LogP contribution in [0.3, 0.4) is 0 Å². The normalized spacial score (nSPS) is 15.2. The number of carbonyl (C=O) groups excluding carboxylic acids is 1. The second-order valence-corrected chi connectivity index (χ2v) is 6.51. The van der Waals surface area contributed by atoms with Crippen LogP contribution in [0.5, 0.6) is 5.75 Å². The highest BCUT2D eigenvalue weighted by molar-refractivity contribution is 9.10. The van der Waals surface area contributed by atoms with Crippen LogP contribution < -0.4 is 4.74 Å². The zero-order valence-corrected chi connectivity index (χ0v) is 14.3. The molecule has 1 aromatic carbocycles. The fraction of sp³-hybridized carbons (Fsp3) is 0.500. The van der Waals surface area contributed by atoms with E-state index < -0.39 is 11.9 Å². The number of amides is 1. The summed E-state index contributed by atoms with van der Waals surface area (Å²) in [4.78, 5) is 25.3. The first-order valence-corrected chi connectivity index (χ1v) is 8.06. The predicted molar refractivity (Wildman–Crippen MR) is 85.9 cm³/mol. The molecule has 1 unspecified atom stereocenters. The summed E-state index contributed by atoms with van der Waals surface area (Å²) in [6, 6.07) is 5.69. The molecular formula is C16H20BrNO4. The summed E-state index contributed by atoms with van der Waals surface area (Å²) < 4.78 is 6.03. The van der Waals surface area contributed by atoms with Crippen molar-refractivity contribution in [1.29, 1.82) is 0 Å². The first kappa shape index (κ1) is 16.8. The van der Waals surface area contributed by atoms with E-state index in [4.69, 9.17) is 9.84 Å². The Morgan fingerprint density at radius 3 is 2.68 bits per heavy atom. The van der Waals surface area contributed by atoms with Crippen LogP contribution in [0.2, 0.25) is 0 Å². The third-order valence-electron chi connectivity index (χ3n) is 3.79. The summed E-state index contributed by atoms with van der Waals surface area (Å²) in [5.74, 6) is -0.772. The molecule has 0 heterocycles. The van der Waals surface area contributed by atoms with E-state index in [1.165, 1.54) is 0 Å². The van der Waals surface area contributed by atoms with Crippen molar-refractivity contribution in [3.8, 4) is 5.75 Å². The zero-order valence-electron chi connectivity index (χ0n) is 12.7. The predicted octanol–water partition coefficient (Wildman–Crippen LogP) is 2.71. The van der Waals surface area contributed by atoms with Crippen LogP contribution in [0.1, 0.15) is 25.3 Å². The van der Waals surface area contributed by atoms with Crippen molar-refractivity contribution < 1.29 is 19.4 Å². The lowest BCUT2D eigenvalue weighted by atomic mass is 10.1. The van der Waals surface area contributed by atoms with Crippen LogP contribution in [0, 0.1) is 5.92 Å². The van der Waals surface area contributed by atoms with Crippen molar-refractivity contribution >= 4 is 27.8 Å². The number of rotatable bonds is 7. The molecule has 6 heteroatoms. The fourth-order valence-corrected chi connectivity index (χ4v) is 2.68. The summed E-state index contributed by atoms with van der Waals surface area (Å²) in [6.07, 6.45) is 2.15. The summed E-state index contributed by atoms with van der Waals surface area (Å²) in [7, 11) is 1.58. The lowest BCUT2D eigenvalue weighted by Gasteiger charge is -2.24. The molecule has 1 aliphatic rings. The van der Waals surface area contributed by atoms with Crippen LogP contribution in [0.4, 0.5) is 0 Å². The van der Waals surface area contributed by atoms with Crippen LogP contribution >= 0.6 is 15.9 Å². The SMILES string of the molecule is COc1ccc(Br)c(CC(=O)N(CC(C)C(=O)O)C2CC2)c1. The molecule has 1 aromatic rings. The molecular weight excluding hydrogens is 350 g/mol. The summed E-state index contributed by atoms with van der Waals surface area (Å²) in [5, 5.41) is 9.06. The highest BCUT2D eigenvalue weighted by Gasteiger charge is 2.34. The number of hydrogen-bond donors (Lipinski definition) is 1. The van der Waals surface area contributed by atoms with Gasteiger partial charge >= 0.3 is 5.97 Å². The van der Waals surface area contributed by atoms with Gasteiger partial charge < -0.3 is 14.7 Å². The minimum absolute atomic E-state index is 0.0375. The van der Waals surface area contributed by atoms with Gasteiger partial charge in [-0.25, -0.2) is 0 Å². The maximum atomic E-state index is 12.6.